The van der Waals surface area contributed by atoms with Crippen LogP contribution >= 0.6 is 0 Å². The van der Waals surface area contributed by atoms with Crippen molar-refractivity contribution >= 4 is 0 Å². The normalized spacial score (nSPS) is 17.0. The number of ether oxygens (including phenoxy) is 2. The van der Waals surface area contributed by atoms with Crippen molar-refractivity contribution in [1.29, 1.82) is 0 Å². The van der Waals surface area contributed by atoms with Crippen molar-refractivity contribution in [2.75, 3.05) is 46.4 Å². The molecule has 5 nitrogen and oxygen atoms in total. The predicted octanol–water partition coefficient (Wildman–Crippen LogP) is 2.39. The number of nitrogens with zero attached hydrogens (tertiary/aromatic N) is 2. The van der Waals surface area contributed by atoms with Gasteiger partial charge in [-0.15, -0.1) is 0 Å². The van der Waals surface area contributed by atoms with Crippen LogP contribution in [0.2, 0.25) is 0 Å². The molecule has 1 unspecified atom stereocenters. The third-order valence-corrected chi connectivity index (χ3v) is 4.90. The van der Waals surface area contributed by atoms with Crippen molar-refractivity contribution in [3.8, 4) is 5.75 Å². The highest BCUT2D eigenvalue weighted by molar-refractivity contribution is 5.27. The standard InChI is InChI=1S/C22H30N2O3/c1-26-22-9-5-8-20(14-22)17-27-18-21(25)16-24-12-10-23(11-13-24)15-19-6-3-2-4-7-19/h2-9,14,21,25H,10-13,15-18H2,1H3. The minimum absolute atomic E-state index is 0.349. The van der Waals surface area contributed by atoms with E-state index in [0.29, 0.717) is 19.8 Å². The molecule has 3 rings (SSSR count). The van der Waals surface area contributed by atoms with Gasteiger partial charge in [-0.25, -0.2) is 0 Å². The summed E-state index contributed by atoms with van der Waals surface area (Å²) in [5.74, 6) is 0.824. The summed E-state index contributed by atoms with van der Waals surface area (Å²) in [6.07, 6.45) is -0.462. The molecule has 1 atom stereocenters. The fourth-order valence-electron chi connectivity index (χ4n) is 3.40. The molecular weight excluding hydrogens is 340 g/mol. The number of piperazine rings is 1. The number of rotatable bonds is 9. The number of benzene rings is 2. The van der Waals surface area contributed by atoms with Gasteiger partial charge in [-0.05, 0) is 23.3 Å². The lowest BCUT2D eigenvalue weighted by molar-refractivity contribution is 0.000851. The molecule has 2 aromatic carbocycles. The van der Waals surface area contributed by atoms with Crippen LogP contribution in [0.15, 0.2) is 54.6 Å². The van der Waals surface area contributed by atoms with Gasteiger partial charge in [-0.1, -0.05) is 42.5 Å². The van der Waals surface area contributed by atoms with Crippen LogP contribution in [0.4, 0.5) is 0 Å². The summed E-state index contributed by atoms with van der Waals surface area (Å²) in [4.78, 5) is 4.79. The molecule has 0 saturated carbocycles. The van der Waals surface area contributed by atoms with Crippen molar-refractivity contribution in [2.24, 2.45) is 0 Å². The first-order valence-corrected chi connectivity index (χ1v) is 9.60. The van der Waals surface area contributed by atoms with E-state index < -0.39 is 6.10 Å². The SMILES string of the molecule is COc1cccc(COCC(O)CN2CCN(Cc3ccccc3)CC2)c1. The summed E-state index contributed by atoms with van der Waals surface area (Å²) in [6.45, 7) is 6.54. The minimum atomic E-state index is -0.462. The Hall–Kier alpha value is -1.92. The lowest BCUT2D eigenvalue weighted by Gasteiger charge is -2.35. The second-order valence-electron chi connectivity index (χ2n) is 7.08. The summed E-state index contributed by atoms with van der Waals surface area (Å²) in [6, 6.07) is 18.4. The predicted molar refractivity (Wildman–Crippen MR) is 107 cm³/mol. The molecule has 0 aliphatic carbocycles. The van der Waals surface area contributed by atoms with Crippen LogP contribution in [-0.4, -0.2) is 67.5 Å². The van der Waals surface area contributed by atoms with E-state index in [1.165, 1.54) is 5.56 Å². The topological polar surface area (TPSA) is 45.2 Å². The van der Waals surface area contributed by atoms with Gasteiger partial charge in [0.15, 0.2) is 0 Å². The Balaban J connectivity index is 1.32. The molecule has 2 aromatic rings. The lowest BCUT2D eigenvalue weighted by Crippen LogP contribution is -2.48. The second-order valence-corrected chi connectivity index (χ2v) is 7.08. The van der Waals surface area contributed by atoms with Crippen LogP contribution in [0, 0.1) is 0 Å². The molecule has 1 heterocycles. The van der Waals surface area contributed by atoms with Crippen molar-refractivity contribution in [3.63, 3.8) is 0 Å². The fourth-order valence-corrected chi connectivity index (χ4v) is 3.40. The monoisotopic (exact) mass is 370 g/mol. The van der Waals surface area contributed by atoms with Gasteiger partial charge < -0.3 is 14.6 Å². The molecule has 1 fully saturated rings. The van der Waals surface area contributed by atoms with E-state index in [1.807, 2.05) is 24.3 Å². The average molecular weight is 370 g/mol. The molecule has 1 saturated heterocycles. The first-order chi connectivity index (χ1) is 13.2. The lowest BCUT2D eigenvalue weighted by atomic mass is 10.2. The number of aliphatic hydroxyl groups is 1. The Morgan fingerprint density at radius 1 is 0.926 bits per heavy atom. The van der Waals surface area contributed by atoms with Crippen LogP contribution in [0.25, 0.3) is 0 Å². The first kappa shape index (κ1) is 19.8. The van der Waals surface area contributed by atoms with E-state index in [0.717, 1.165) is 44.0 Å². The highest BCUT2D eigenvalue weighted by Crippen LogP contribution is 2.13. The molecule has 1 N–H and O–H groups in total. The average Bonchev–Trinajstić information content (AvgIpc) is 2.70. The number of hydrogen-bond donors (Lipinski definition) is 1. The van der Waals surface area contributed by atoms with Crippen molar-refractivity contribution < 1.29 is 14.6 Å². The van der Waals surface area contributed by atoms with Gasteiger partial charge >= 0.3 is 0 Å². The highest BCUT2D eigenvalue weighted by atomic mass is 16.5. The van der Waals surface area contributed by atoms with E-state index in [4.69, 9.17) is 9.47 Å². The van der Waals surface area contributed by atoms with Gasteiger partial charge in [0.25, 0.3) is 0 Å². The van der Waals surface area contributed by atoms with Gasteiger partial charge in [-0.3, -0.25) is 9.80 Å². The number of hydrogen-bond acceptors (Lipinski definition) is 5. The van der Waals surface area contributed by atoms with Crippen LogP contribution in [0.1, 0.15) is 11.1 Å². The second kappa shape index (κ2) is 10.4. The summed E-state index contributed by atoms with van der Waals surface area (Å²) >= 11 is 0. The molecule has 0 radical (unpaired) electrons. The molecule has 0 bridgehead atoms. The Bertz CT molecular complexity index is 672. The molecule has 27 heavy (non-hydrogen) atoms. The summed E-state index contributed by atoms with van der Waals surface area (Å²) in [7, 11) is 1.66. The van der Waals surface area contributed by atoms with Gasteiger partial charge in [0.05, 0.1) is 26.4 Å². The first-order valence-electron chi connectivity index (χ1n) is 9.60. The Kier molecular flexibility index (Phi) is 7.66. The molecule has 1 aliphatic heterocycles. The van der Waals surface area contributed by atoms with Crippen molar-refractivity contribution in [3.05, 3.63) is 65.7 Å². The zero-order valence-corrected chi connectivity index (χ0v) is 16.1. The number of aliphatic hydroxyl groups excluding tert-OH is 1. The Morgan fingerprint density at radius 2 is 1.63 bits per heavy atom. The number of methoxy groups -OCH3 is 1. The maximum absolute atomic E-state index is 10.3. The van der Waals surface area contributed by atoms with Crippen molar-refractivity contribution in [1.82, 2.24) is 9.80 Å². The van der Waals surface area contributed by atoms with E-state index in [-0.39, 0.29) is 0 Å². The van der Waals surface area contributed by atoms with Gasteiger partial charge in [0, 0.05) is 39.3 Å². The molecule has 5 heteroatoms. The molecule has 146 valence electrons. The minimum Gasteiger partial charge on any atom is -0.497 e. The van der Waals surface area contributed by atoms with Crippen LogP contribution in [0.5, 0.6) is 5.75 Å². The summed E-state index contributed by atoms with van der Waals surface area (Å²) in [5.41, 5.74) is 2.41. The van der Waals surface area contributed by atoms with Crippen LogP contribution < -0.4 is 4.74 Å². The molecule has 0 aromatic heterocycles. The highest BCUT2D eigenvalue weighted by Gasteiger charge is 2.19. The van der Waals surface area contributed by atoms with E-state index in [2.05, 4.69) is 40.1 Å². The maximum atomic E-state index is 10.3. The van der Waals surface area contributed by atoms with Crippen LogP contribution in [-0.2, 0) is 17.9 Å². The Labute approximate surface area is 162 Å². The quantitative estimate of drug-likeness (QED) is 0.734. The molecular formula is C22H30N2O3. The smallest absolute Gasteiger partial charge is 0.119 e. The van der Waals surface area contributed by atoms with E-state index in [9.17, 15) is 5.11 Å². The summed E-state index contributed by atoms with van der Waals surface area (Å²) < 4.78 is 10.9. The van der Waals surface area contributed by atoms with Gasteiger partial charge in [0.1, 0.15) is 5.75 Å². The van der Waals surface area contributed by atoms with Gasteiger partial charge in [-0.2, -0.15) is 0 Å². The third kappa shape index (κ3) is 6.63. The van der Waals surface area contributed by atoms with Crippen molar-refractivity contribution in [2.45, 2.75) is 19.3 Å². The van der Waals surface area contributed by atoms with Gasteiger partial charge in [0.2, 0.25) is 0 Å². The fraction of sp³-hybridized carbons (Fsp3) is 0.455. The number of β-amino-alcohol motifs (C(OH)–C–C–N with tert-alkyl or cyclic N) is 1. The summed E-state index contributed by atoms with van der Waals surface area (Å²) in [5, 5.41) is 10.3. The van der Waals surface area contributed by atoms with Crippen LogP contribution in [0.3, 0.4) is 0 Å². The molecule has 0 spiro atoms. The maximum Gasteiger partial charge on any atom is 0.119 e. The zero-order chi connectivity index (χ0) is 18.9. The molecule has 1 aliphatic rings. The zero-order valence-electron chi connectivity index (χ0n) is 16.1. The van der Waals surface area contributed by atoms with E-state index in [1.54, 1.807) is 7.11 Å². The molecule has 0 amide bonds. The Morgan fingerprint density at radius 3 is 2.37 bits per heavy atom. The largest absolute Gasteiger partial charge is 0.497 e. The van der Waals surface area contributed by atoms with E-state index >= 15 is 0 Å². The third-order valence-electron chi connectivity index (χ3n) is 4.90.